The predicted molar refractivity (Wildman–Crippen MR) is 177 cm³/mol. The van der Waals surface area contributed by atoms with Crippen molar-refractivity contribution in [2.75, 3.05) is 12.3 Å². The largest absolute Gasteiger partial charge is 0.486 e. The van der Waals surface area contributed by atoms with E-state index in [1.807, 2.05) is 26.0 Å². The third kappa shape index (κ3) is 8.50. The number of nitrogens with two attached hydrogens (primary N) is 2. The topological polar surface area (TPSA) is 236 Å². The molecule has 4 heterocycles. The molecule has 5 rings (SSSR count). The number of oxime groups is 1. The average molecular weight is 693 g/mol. The lowest BCUT2D eigenvalue weighted by Crippen LogP contribution is -2.76. The van der Waals surface area contributed by atoms with E-state index in [0.717, 1.165) is 64.9 Å². The first-order chi connectivity index (χ1) is 22.4. The molecule has 0 saturated carbocycles. The number of rotatable bonds is 12. The first-order valence-corrected chi connectivity index (χ1v) is 16.5. The van der Waals surface area contributed by atoms with E-state index < -0.39 is 29.5 Å². The summed E-state index contributed by atoms with van der Waals surface area (Å²) in [5, 5.41) is 20.1. The Morgan fingerprint density at radius 2 is 2.15 bits per heavy atom. The van der Waals surface area contributed by atoms with E-state index in [4.69, 9.17) is 44.8 Å². The number of amidine groups is 1. The number of hydroxylamine groups is 2. The standard InChI is InChI=1S/C28H38N8O6S2.CH2O2/c1-14(29)5-8-18-12-31-24(32-18)17-7-10-21-16(11-17)6-9-20(40-21)15(2)41-35-22(19-13-43-27(30)33-19)25(37)34-23-26(38)36(42-44-39)28(23,3)4;2-1-3/h7,10-11,13-15,18,20,23,39H,5-6,8-9,12,29H2,1-4H3,(H2,30,33)(H,31,32)(H,34,37);1H,(H,2,3)/b35-22-;. The van der Waals surface area contributed by atoms with Gasteiger partial charge in [0.25, 0.3) is 18.3 Å². The number of β-lactam (4-membered cyclic amide) rings is 1. The maximum Gasteiger partial charge on any atom is 0.290 e. The first-order valence-electron chi connectivity index (χ1n) is 14.9. The van der Waals surface area contributed by atoms with E-state index in [2.05, 4.69) is 26.8 Å². The number of hydrogen-bond donors (Lipinski definition) is 6. The Labute approximate surface area is 280 Å². The first kappa shape index (κ1) is 35.9. The second-order valence-corrected chi connectivity index (χ2v) is 13.1. The van der Waals surface area contributed by atoms with E-state index in [-0.39, 0.29) is 47.5 Å². The summed E-state index contributed by atoms with van der Waals surface area (Å²) in [5.74, 6) is 0.463. The van der Waals surface area contributed by atoms with Gasteiger partial charge in [-0.1, -0.05) is 5.16 Å². The number of nitrogens with zero attached hydrogens (tertiary/aromatic N) is 4. The van der Waals surface area contributed by atoms with Gasteiger partial charge in [0.05, 0.1) is 12.1 Å². The van der Waals surface area contributed by atoms with Gasteiger partial charge in [-0.05, 0) is 77.1 Å². The third-order valence-corrected chi connectivity index (χ3v) is 8.85. The minimum atomic E-state index is -0.922. The summed E-state index contributed by atoms with van der Waals surface area (Å²) in [4.78, 5) is 48.9. The van der Waals surface area contributed by atoms with Crippen molar-refractivity contribution in [3.63, 3.8) is 0 Å². The Bertz CT molecular complexity index is 1500. The molecule has 3 aliphatic heterocycles. The molecular weight excluding hydrogens is 653 g/mol. The quantitative estimate of drug-likeness (QED) is 0.0614. The number of aromatic nitrogens is 1. The Kier molecular flexibility index (Phi) is 12.0. The van der Waals surface area contributed by atoms with Crippen LogP contribution in [0.4, 0.5) is 5.13 Å². The maximum atomic E-state index is 13.3. The SMILES string of the molecule is CC(N)CCC1CN=C(c2ccc3c(c2)CCC(C(C)O/N=C(\C(=O)NC2C(=O)N(OSO)C2(C)C)c2csc(N)n2)O3)N1.O=CO. The molecule has 5 unspecified atom stereocenters. The fraction of sp³-hybridized carbons (Fsp3) is 0.517. The monoisotopic (exact) mass is 692 g/mol. The van der Waals surface area contributed by atoms with Crippen molar-refractivity contribution in [1.82, 2.24) is 20.7 Å². The number of carboxylic acid groups (broad SMARTS) is 1. The zero-order chi connectivity index (χ0) is 34.3. The highest BCUT2D eigenvalue weighted by Gasteiger charge is 2.57. The van der Waals surface area contributed by atoms with Crippen molar-refractivity contribution < 1.29 is 37.9 Å². The summed E-state index contributed by atoms with van der Waals surface area (Å²) in [5.41, 5.74) is 13.0. The van der Waals surface area contributed by atoms with Gasteiger partial charge in [0.1, 0.15) is 29.4 Å². The number of nitrogen functional groups attached to an aromatic ring is 1. The van der Waals surface area contributed by atoms with Crippen LogP contribution in [0.25, 0.3) is 0 Å². The van der Waals surface area contributed by atoms with Gasteiger partial charge < -0.3 is 41.3 Å². The van der Waals surface area contributed by atoms with Gasteiger partial charge in [0.15, 0.2) is 29.3 Å². The predicted octanol–water partition coefficient (Wildman–Crippen LogP) is 1.93. The molecule has 8 N–H and O–H groups in total. The Morgan fingerprint density at radius 1 is 1.40 bits per heavy atom. The van der Waals surface area contributed by atoms with Crippen molar-refractivity contribution >= 4 is 58.6 Å². The Hall–Kier alpha value is -3.97. The van der Waals surface area contributed by atoms with Crippen LogP contribution in [0.1, 0.15) is 63.8 Å². The fourth-order valence-corrected chi connectivity index (χ4v) is 6.22. The molecule has 256 valence electrons. The molecule has 0 radical (unpaired) electrons. The maximum absolute atomic E-state index is 13.3. The Balaban J connectivity index is 0.00000160. The van der Waals surface area contributed by atoms with Crippen LogP contribution >= 0.6 is 23.7 Å². The van der Waals surface area contributed by atoms with Crippen LogP contribution in [0.15, 0.2) is 33.7 Å². The molecule has 1 aromatic carbocycles. The minimum absolute atomic E-state index is 0.0503. The van der Waals surface area contributed by atoms with Crippen LogP contribution in [0, 0.1) is 0 Å². The van der Waals surface area contributed by atoms with E-state index in [9.17, 15) is 9.59 Å². The van der Waals surface area contributed by atoms with Crippen LogP contribution in [0.2, 0.25) is 0 Å². The number of carbonyl (C=O) groups excluding carboxylic acids is 2. The zero-order valence-electron chi connectivity index (χ0n) is 26.4. The van der Waals surface area contributed by atoms with Gasteiger partial charge in [-0.15, -0.1) is 11.3 Å². The summed E-state index contributed by atoms with van der Waals surface area (Å²) in [6.45, 7) is 7.70. The van der Waals surface area contributed by atoms with Gasteiger partial charge >= 0.3 is 0 Å². The summed E-state index contributed by atoms with van der Waals surface area (Å²) in [6.07, 6.45) is 2.55. The highest BCUT2D eigenvalue weighted by atomic mass is 32.2. The van der Waals surface area contributed by atoms with Gasteiger partial charge in [0.2, 0.25) is 0 Å². The number of thiazole rings is 1. The van der Waals surface area contributed by atoms with Crippen LogP contribution in [-0.2, 0) is 29.9 Å². The highest BCUT2D eigenvalue weighted by molar-refractivity contribution is 7.88. The summed E-state index contributed by atoms with van der Waals surface area (Å²) in [6, 6.07) is 5.60. The number of fused-ring (bicyclic) bond motifs is 1. The Morgan fingerprint density at radius 3 is 2.79 bits per heavy atom. The normalized spacial score (nSPS) is 22.6. The van der Waals surface area contributed by atoms with Crippen molar-refractivity contribution in [3.8, 4) is 5.75 Å². The van der Waals surface area contributed by atoms with Crippen LogP contribution in [-0.4, -0.2) is 92.0 Å². The molecule has 2 aromatic rings. The second-order valence-electron chi connectivity index (χ2n) is 11.9. The van der Waals surface area contributed by atoms with Crippen LogP contribution < -0.4 is 26.8 Å². The third-order valence-electron chi connectivity index (χ3n) is 7.97. The lowest BCUT2D eigenvalue weighted by molar-refractivity contribution is -0.214. The number of nitrogens with one attached hydrogen (secondary N) is 2. The van der Waals surface area contributed by atoms with E-state index in [1.165, 1.54) is 0 Å². The summed E-state index contributed by atoms with van der Waals surface area (Å²) < 4.78 is 20.1. The number of aliphatic imine (C=N–C) groups is 1. The molecule has 0 spiro atoms. The number of anilines is 1. The van der Waals surface area contributed by atoms with Crippen molar-refractivity contribution in [2.45, 2.75) is 89.3 Å². The molecule has 18 heteroatoms. The van der Waals surface area contributed by atoms with E-state index >= 15 is 0 Å². The van der Waals surface area contributed by atoms with Crippen molar-refractivity contribution in [3.05, 3.63) is 40.4 Å². The molecule has 1 fully saturated rings. The number of carbonyl (C=O) groups is 3. The number of amides is 2. The lowest BCUT2D eigenvalue weighted by atomic mass is 9.84. The van der Waals surface area contributed by atoms with Gasteiger partial charge in [-0.25, -0.2) is 4.98 Å². The number of hydrogen-bond acceptors (Lipinski definition) is 15. The number of aryl methyl sites for hydroxylation is 1. The number of benzene rings is 1. The molecule has 5 atom stereocenters. The van der Waals surface area contributed by atoms with Crippen molar-refractivity contribution in [2.24, 2.45) is 15.9 Å². The fourth-order valence-electron chi connectivity index (χ4n) is 5.34. The van der Waals surface area contributed by atoms with E-state index in [1.54, 1.807) is 19.2 Å². The molecule has 16 nitrogen and oxygen atoms in total. The summed E-state index contributed by atoms with van der Waals surface area (Å²) >= 11 is 1.20. The molecule has 3 aliphatic rings. The second kappa shape index (κ2) is 15.7. The molecule has 1 aromatic heterocycles. The van der Waals surface area contributed by atoms with E-state index in [0.29, 0.717) is 12.5 Å². The van der Waals surface area contributed by atoms with Crippen LogP contribution in [0.5, 0.6) is 5.75 Å². The average Bonchev–Trinajstić information content (AvgIpc) is 3.70. The smallest absolute Gasteiger partial charge is 0.290 e. The zero-order valence-corrected chi connectivity index (χ0v) is 28.0. The molecule has 0 aliphatic carbocycles. The molecule has 1 saturated heterocycles. The highest BCUT2D eigenvalue weighted by Crippen LogP contribution is 2.34. The number of ether oxygens (including phenoxy) is 1. The minimum Gasteiger partial charge on any atom is -0.486 e. The van der Waals surface area contributed by atoms with Gasteiger partial charge in [-0.3, -0.25) is 19.4 Å². The van der Waals surface area contributed by atoms with Crippen LogP contribution in [0.3, 0.4) is 0 Å². The molecular formula is C29H40N8O8S2. The van der Waals surface area contributed by atoms with Gasteiger partial charge in [0, 0.05) is 23.0 Å². The van der Waals surface area contributed by atoms with Gasteiger partial charge in [-0.2, -0.15) is 9.35 Å². The molecule has 47 heavy (non-hydrogen) atoms. The van der Waals surface area contributed by atoms with Crippen molar-refractivity contribution in [1.29, 1.82) is 0 Å². The molecule has 2 amide bonds. The lowest BCUT2D eigenvalue weighted by Gasteiger charge is -2.50. The molecule has 0 bridgehead atoms. The summed E-state index contributed by atoms with van der Waals surface area (Å²) in [7, 11) is 0.